The molecule has 0 aromatic heterocycles. The Morgan fingerprint density at radius 3 is 2.79 bits per heavy atom. The van der Waals surface area contributed by atoms with E-state index in [1.54, 1.807) is 0 Å². The molecule has 7 heteroatoms. The second-order valence-electron chi connectivity index (χ2n) is 4.35. The highest BCUT2D eigenvalue weighted by Gasteiger charge is 2.29. The first-order valence-corrected chi connectivity index (χ1v) is 7.64. The Balaban J connectivity index is 2.25. The van der Waals surface area contributed by atoms with Gasteiger partial charge in [0.25, 0.3) is 0 Å². The van der Waals surface area contributed by atoms with Crippen LogP contribution in [0.4, 0.5) is 0 Å². The summed E-state index contributed by atoms with van der Waals surface area (Å²) in [6, 6.07) is 5.69. The van der Waals surface area contributed by atoms with Gasteiger partial charge in [-0.2, -0.15) is 5.26 Å². The lowest BCUT2D eigenvalue weighted by Crippen LogP contribution is -2.39. The Labute approximate surface area is 117 Å². The van der Waals surface area contributed by atoms with Gasteiger partial charge < -0.3 is 4.74 Å². The molecule has 1 fully saturated rings. The number of benzene rings is 1. The minimum absolute atomic E-state index is 0.0515. The maximum atomic E-state index is 12.2. The van der Waals surface area contributed by atoms with E-state index in [4.69, 9.17) is 21.6 Å². The van der Waals surface area contributed by atoms with E-state index < -0.39 is 10.0 Å². The quantitative estimate of drug-likeness (QED) is 0.921. The Morgan fingerprint density at radius 2 is 2.26 bits per heavy atom. The Kier molecular flexibility index (Phi) is 4.11. The topological polar surface area (TPSA) is 79.2 Å². The molecule has 0 amide bonds. The van der Waals surface area contributed by atoms with Crippen LogP contribution >= 0.6 is 11.6 Å². The molecule has 0 saturated carbocycles. The van der Waals surface area contributed by atoms with Crippen molar-refractivity contribution in [3.05, 3.63) is 28.8 Å². The van der Waals surface area contributed by atoms with Gasteiger partial charge in [-0.15, -0.1) is 0 Å². The number of halogens is 1. The molecule has 0 spiro atoms. The van der Waals surface area contributed by atoms with E-state index in [9.17, 15) is 8.42 Å². The number of rotatable bonds is 3. The van der Waals surface area contributed by atoms with Crippen molar-refractivity contribution in [1.82, 2.24) is 4.72 Å². The monoisotopic (exact) mass is 300 g/mol. The lowest BCUT2D eigenvalue weighted by Gasteiger charge is -2.16. The van der Waals surface area contributed by atoms with Crippen LogP contribution in [0.5, 0.6) is 0 Å². The third kappa shape index (κ3) is 3.07. The van der Waals surface area contributed by atoms with Gasteiger partial charge in [-0.3, -0.25) is 0 Å². The molecule has 2 unspecified atom stereocenters. The fraction of sp³-hybridized carbons (Fsp3) is 0.417. The molecular formula is C12H13ClN2O3S. The van der Waals surface area contributed by atoms with Gasteiger partial charge >= 0.3 is 0 Å². The first kappa shape index (κ1) is 14.3. The zero-order chi connectivity index (χ0) is 14.0. The summed E-state index contributed by atoms with van der Waals surface area (Å²) in [7, 11) is -3.65. The molecular weight excluding hydrogens is 288 g/mol. The number of nitrogens with zero attached hydrogens (tertiary/aromatic N) is 1. The molecule has 1 N–H and O–H groups in total. The SMILES string of the molecule is CC1OCCC1NS(=O)(=O)c1ccc(C#N)c(Cl)c1. The molecule has 1 heterocycles. The molecule has 0 bridgehead atoms. The standard InChI is InChI=1S/C12H13ClN2O3S/c1-8-12(4-5-18-8)15-19(16,17)10-3-2-9(7-14)11(13)6-10/h2-3,6,8,12,15H,4-5H2,1H3. The molecule has 1 aliphatic heterocycles. The second-order valence-corrected chi connectivity index (χ2v) is 6.47. The van der Waals surface area contributed by atoms with Gasteiger partial charge in [0.05, 0.1) is 27.6 Å². The van der Waals surface area contributed by atoms with Gasteiger partial charge in [0, 0.05) is 6.61 Å². The number of sulfonamides is 1. The average Bonchev–Trinajstić information content (AvgIpc) is 2.74. The van der Waals surface area contributed by atoms with Crippen LogP contribution in [0.25, 0.3) is 0 Å². The number of ether oxygens (including phenoxy) is 1. The zero-order valence-electron chi connectivity index (χ0n) is 10.3. The lowest BCUT2D eigenvalue weighted by atomic mass is 10.2. The molecule has 1 saturated heterocycles. The van der Waals surface area contributed by atoms with E-state index >= 15 is 0 Å². The van der Waals surface area contributed by atoms with E-state index in [0.717, 1.165) is 0 Å². The summed E-state index contributed by atoms with van der Waals surface area (Å²) >= 11 is 5.84. The molecule has 0 radical (unpaired) electrons. The van der Waals surface area contributed by atoms with Crippen molar-refractivity contribution in [3.8, 4) is 6.07 Å². The first-order valence-electron chi connectivity index (χ1n) is 5.77. The normalized spacial score (nSPS) is 23.2. The number of nitriles is 1. The van der Waals surface area contributed by atoms with Crippen LogP contribution in [0, 0.1) is 11.3 Å². The molecule has 5 nitrogen and oxygen atoms in total. The van der Waals surface area contributed by atoms with E-state index in [-0.39, 0.29) is 27.6 Å². The van der Waals surface area contributed by atoms with E-state index in [0.29, 0.717) is 13.0 Å². The summed E-state index contributed by atoms with van der Waals surface area (Å²) in [4.78, 5) is 0.0515. The van der Waals surface area contributed by atoms with Crippen LogP contribution in [-0.2, 0) is 14.8 Å². The molecule has 1 aromatic rings. The third-order valence-electron chi connectivity index (χ3n) is 3.05. The lowest BCUT2D eigenvalue weighted by molar-refractivity contribution is 0.117. The van der Waals surface area contributed by atoms with E-state index in [2.05, 4.69) is 4.72 Å². The first-order chi connectivity index (χ1) is 8.94. The third-order valence-corrected chi connectivity index (χ3v) is 4.85. The van der Waals surface area contributed by atoms with Crippen molar-refractivity contribution in [1.29, 1.82) is 5.26 Å². The Morgan fingerprint density at radius 1 is 1.53 bits per heavy atom. The largest absolute Gasteiger partial charge is 0.377 e. The highest BCUT2D eigenvalue weighted by Crippen LogP contribution is 2.22. The van der Waals surface area contributed by atoms with Crippen LogP contribution in [0.3, 0.4) is 0 Å². The highest BCUT2D eigenvalue weighted by molar-refractivity contribution is 7.89. The fourth-order valence-electron chi connectivity index (χ4n) is 1.91. The summed E-state index contributed by atoms with van der Waals surface area (Å²) in [6.07, 6.45) is 0.494. The molecule has 1 aromatic carbocycles. The van der Waals surface area contributed by atoms with Crippen molar-refractivity contribution in [2.24, 2.45) is 0 Å². The van der Waals surface area contributed by atoms with Gasteiger partial charge in [0.2, 0.25) is 10.0 Å². The maximum absolute atomic E-state index is 12.2. The molecule has 2 atom stereocenters. The minimum atomic E-state index is -3.65. The molecule has 102 valence electrons. The van der Waals surface area contributed by atoms with E-state index in [1.165, 1.54) is 18.2 Å². The summed E-state index contributed by atoms with van der Waals surface area (Å²) in [5.41, 5.74) is 0.248. The highest BCUT2D eigenvalue weighted by atomic mass is 35.5. The second kappa shape index (κ2) is 5.47. The summed E-state index contributed by atoms with van der Waals surface area (Å²) in [6.45, 7) is 2.37. The number of nitrogens with one attached hydrogen (secondary N) is 1. The average molecular weight is 301 g/mol. The van der Waals surface area contributed by atoms with Gasteiger partial charge in [-0.1, -0.05) is 11.6 Å². The summed E-state index contributed by atoms with van der Waals surface area (Å²) in [5, 5.41) is 8.89. The Hall–Kier alpha value is -1.13. The fourth-order valence-corrected chi connectivity index (χ4v) is 3.56. The van der Waals surface area contributed by atoms with Gasteiger partial charge in [0.15, 0.2) is 0 Å². The van der Waals surface area contributed by atoms with Crippen LogP contribution in [0.1, 0.15) is 18.9 Å². The Bertz CT molecular complexity index is 624. The van der Waals surface area contributed by atoms with Crippen molar-refractivity contribution >= 4 is 21.6 Å². The molecule has 19 heavy (non-hydrogen) atoms. The van der Waals surface area contributed by atoms with Gasteiger partial charge in [-0.25, -0.2) is 13.1 Å². The van der Waals surface area contributed by atoms with Crippen LogP contribution in [0.15, 0.2) is 23.1 Å². The molecule has 0 aliphatic carbocycles. The molecule has 2 rings (SSSR count). The van der Waals surface area contributed by atoms with Crippen molar-refractivity contribution in [2.45, 2.75) is 30.4 Å². The number of hydrogen-bond acceptors (Lipinski definition) is 4. The predicted molar refractivity (Wildman–Crippen MR) is 70.3 cm³/mol. The molecule has 1 aliphatic rings. The number of hydrogen-bond donors (Lipinski definition) is 1. The van der Waals surface area contributed by atoms with E-state index in [1.807, 2.05) is 13.0 Å². The van der Waals surface area contributed by atoms with Crippen LogP contribution in [0.2, 0.25) is 5.02 Å². The predicted octanol–water partition coefficient (Wildman–Crippen LogP) is 1.67. The summed E-state index contributed by atoms with van der Waals surface area (Å²) < 4.78 is 32.3. The van der Waals surface area contributed by atoms with Crippen molar-refractivity contribution in [2.75, 3.05) is 6.61 Å². The van der Waals surface area contributed by atoms with Crippen molar-refractivity contribution < 1.29 is 13.2 Å². The summed E-state index contributed by atoms with van der Waals surface area (Å²) in [5.74, 6) is 0. The van der Waals surface area contributed by atoms with Gasteiger partial charge in [-0.05, 0) is 31.5 Å². The van der Waals surface area contributed by atoms with Crippen LogP contribution in [-0.4, -0.2) is 27.2 Å². The van der Waals surface area contributed by atoms with Crippen LogP contribution < -0.4 is 4.72 Å². The van der Waals surface area contributed by atoms with Gasteiger partial charge in [0.1, 0.15) is 6.07 Å². The zero-order valence-corrected chi connectivity index (χ0v) is 11.8. The van der Waals surface area contributed by atoms with Crippen molar-refractivity contribution in [3.63, 3.8) is 0 Å². The minimum Gasteiger partial charge on any atom is -0.377 e. The maximum Gasteiger partial charge on any atom is 0.240 e. The smallest absolute Gasteiger partial charge is 0.240 e.